The Morgan fingerprint density at radius 1 is 1.13 bits per heavy atom. The number of anilines is 2. The normalized spacial score (nSPS) is 11.2. The molecule has 0 aliphatic rings. The van der Waals surface area contributed by atoms with Gasteiger partial charge in [0, 0.05) is 37.8 Å². The Morgan fingerprint density at radius 2 is 1.87 bits per heavy atom. The number of pyridine rings is 1. The van der Waals surface area contributed by atoms with E-state index in [1.165, 1.54) is 12.2 Å². The molecule has 0 aliphatic heterocycles. The van der Waals surface area contributed by atoms with Crippen LogP contribution in [-0.4, -0.2) is 46.9 Å². The number of fused-ring (bicyclic) bond motifs is 3. The molecule has 1 amide bonds. The Kier molecular flexibility index (Phi) is 5.01. The number of nitrogens with two attached hydrogens (primary N) is 1. The van der Waals surface area contributed by atoms with Crippen LogP contribution in [0.15, 0.2) is 48.7 Å². The lowest BCUT2D eigenvalue weighted by Crippen LogP contribution is -2.29. The number of carbonyl (C=O) groups is 1. The summed E-state index contributed by atoms with van der Waals surface area (Å²) in [4.78, 5) is 25.0. The molecule has 0 aliphatic carbocycles. The molecule has 154 valence electrons. The number of benzene rings is 2. The van der Waals surface area contributed by atoms with E-state index < -0.39 is 0 Å². The molecule has 4 rings (SSSR count). The Bertz CT molecular complexity index is 1230. The highest BCUT2D eigenvalue weighted by molar-refractivity contribution is 6.10. The predicted octanol–water partition coefficient (Wildman–Crippen LogP) is 2.97. The average Bonchev–Trinajstić information content (AvgIpc) is 3.14. The largest absolute Gasteiger partial charge is 0.383 e. The molecule has 0 radical (unpaired) electrons. The predicted molar refractivity (Wildman–Crippen MR) is 118 cm³/mol. The van der Waals surface area contributed by atoms with Crippen LogP contribution in [0.25, 0.3) is 21.8 Å². The van der Waals surface area contributed by atoms with Crippen molar-refractivity contribution in [1.29, 1.82) is 0 Å². The SMILES string of the molecule is CON(Cc1ccc(N(C)C)cc1)C(=O)c1ccc2nc(N)c3cnn(C)c3c2c1. The Morgan fingerprint density at radius 3 is 2.53 bits per heavy atom. The van der Waals surface area contributed by atoms with Crippen molar-refractivity contribution in [3.8, 4) is 0 Å². The number of nitrogen functional groups attached to an aromatic ring is 1. The Hall–Kier alpha value is -3.65. The van der Waals surface area contributed by atoms with Gasteiger partial charge in [-0.05, 0) is 35.9 Å². The molecule has 2 N–H and O–H groups in total. The van der Waals surface area contributed by atoms with Crippen molar-refractivity contribution in [3.05, 3.63) is 59.8 Å². The van der Waals surface area contributed by atoms with E-state index in [-0.39, 0.29) is 5.91 Å². The van der Waals surface area contributed by atoms with Crippen LogP contribution in [0.2, 0.25) is 0 Å². The van der Waals surface area contributed by atoms with Gasteiger partial charge < -0.3 is 10.6 Å². The second-order valence-corrected chi connectivity index (χ2v) is 7.34. The molecule has 2 aromatic heterocycles. The molecule has 0 atom stereocenters. The van der Waals surface area contributed by atoms with Gasteiger partial charge in [-0.15, -0.1) is 0 Å². The maximum Gasteiger partial charge on any atom is 0.277 e. The van der Waals surface area contributed by atoms with E-state index in [4.69, 9.17) is 10.6 Å². The van der Waals surface area contributed by atoms with E-state index in [1.807, 2.05) is 56.4 Å². The highest BCUT2D eigenvalue weighted by Crippen LogP contribution is 2.28. The highest BCUT2D eigenvalue weighted by Gasteiger charge is 2.19. The van der Waals surface area contributed by atoms with Gasteiger partial charge in [0.1, 0.15) is 5.82 Å². The van der Waals surface area contributed by atoms with Crippen molar-refractivity contribution in [1.82, 2.24) is 19.8 Å². The summed E-state index contributed by atoms with van der Waals surface area (Å²) in [7, 11) is 7.31. The van der Waals surface area contributed by atoms with E-state index >= 15 is 0 Å². The number of aromatic nitrogens is 3. The molecule has 0 saturated heterocycles. The monoisotopic (exact) mass is 404 g/mol. The number of carbonyl (C=O) groups excluding carboxylic acids is 1. The summed E-state index contributed by atoms with van der Waals surface area (Å²) in [5.74, 6) is 0.188. The molecule has 8 nitrogen and oxygen atoms in total. The van der Waals surface area contributed by atoms with Gasteiger partial charge >= 0.3 is 0 Å². The van der Waals surface area contributed by atoms with E-state index in [0.717, 1.165) is 27.5 Å². The van der Waals surface area contributed by atoms with Crippen LogP contribution < -0.4 is 10.6 Å². The third-order valence-electron chi connectivity index (χ3n) is 5.18. The summed E-state index contributed by atoms with van der Waals surface area (Å²) >= 11 is 0. The standard InChI is InChI=1S/C22H24N6O2/c1-26(2)16-8-5-14(6-9-16)13-28(30-4)22(29)15-7-10-19-17(11-15)20-18(21(23)25-19)12-24-27(20)3/h5-12H,13H2,1-4H3,(H2,23,25). The van der Waals surface area contributed by atoms with Gasteiger partial charge in [-0.25, -0.2) is 10.0 Å². The van der Waals surface area contributed by atoms with E-state index in [0.29, 0.717) is 23.4 Å². The fourth-order valence-corrected chi connectivity index (χ4v) is 3.52. The minimum absolute atomic E-state index is 0.233. The molecule has 4 aromatic rings. The number of hydrogen-bond acceptors (Lipinski definition) is 6. The lowest BCUT2D eigenvalue weighted by Gasteiger charge is -2.21. The molecular formula is C22H24N6O2. The van der Waals surface area contributed by atoms with Crippen LogP contribution in [0.5, 0.6) is 0 Å². The lowest BCUT2D eigenvalue weighted by atomic mass is 10.1. The van der Waals surface area contributed by atoms with Crippen LogP contribution in [0, 0.1) is 0 Å². The molecule has 0 fully saturated rings. The van der Waals surface area contributed by atoms with Crippen molar-refractivity contribution in [2.24, 2.45) is 7.05 Å². The molecule has 0 bridgehead atoms. The van der Waals surface area contributed by atoms with E-state index in [1.54, 1.807) is 23.0 Å². The van der Waals surface area contributed by atoms with Gasteiger partial charge in [-0.1, -0.05) is 12.1 Å². The second kappa shape index (κ2) is 7.64. The number of nitrogens with zero attached hydrogens (tertiary/aromatic N) is 5. The minimum atomic E-state index is -0.233. The quantitative estimate of drug-likeness (QED) is 0.515. The van der Waals surface area contributed by atoms with Crippen molar-refractivity contribution in [2.45, 2.75) is 6.54 Å². The molecule has 0 spiro atoms. The van der Waals surface area contributed by atoms with Crippen LogP contribution in [-0.2, 0) is 18.4 Å². The summed E-state index contributed by atoms with van der Waals surface area (Å²) in [6, 6.07) is 13.3. The van der Waals surface area contributed by atoms with Crippen LogP contribution in [0.1, 0.15) is 15.9 Å². The number of amides is 1. The lowest BCUT2D eigenvalue weighted by molar-refractivity contribution is -0.102. The number of rotatable bonds is 5. The number of hydrogen-bond donors (Lipinski definition) is 1. The first-order valence-electron chi connectivity index (χ1n) is 9.52. The molecule has 8 heteroatoms. The molecule has 0 saturated carbocycles. The van der Waals surface area contributed by atoms with E-state index in [9.17, 15) is 4.79 Å². The molecule has 30 heavy (non-hydrogen) atoms. The zero-order valence-electron chi connectivity index (χ0n) is 17.5. The first kappa shape index (κ1) is 19.7. The molecular weight excluding hydrogens is 380 g/mol. The van der Waals surface area contributed by atoms with Crippen molar-refractivity contribution >= 4 is 39.2 Å². The zero-order valence-corrected chi connectivity index (χ0v) is 17.5. The summed E-state index contributed by atoms with van der Waals surface area (Å²) in [5, 5.41) is 7.20. The van der Waals surface area contributed by atoms with Gasteiger partial charge in [0.05, 0.1) is 36.3 Å². The topological polar surface area (TPSA) is 89.5 Å². The maximum absolute atomic E-state index is 13.2. The molecule has 2 heterocycles. The Labute approximate surface area is 174 Å². The zero-order chi connectivity index (χ0) is 21.4. The van der Waals surface area contributed by atoms with Gasteiger partial charge in [-0.3, -0.25) is 14.3 Å². The third-order valence-corrected chi connectivity index (χ3v) is 5.18. The van der Waals surface area contributed by atoms with Gasteiger partial charge in [0.25, 0.3) is 5.91 Å². The number of aryl methyl sites for hydroxylation is 1. The summed E-state index contributed by atoms with van der Waals surface area (Å²) in [6.07, 6.45) is 1.68. The molecule has 0 unspecified atom stereocenters. The van der Waals surface area contributed by atoms with Crippen LogP contribution in [0.3, 0.4) is 0 Å². The highest BCUT2D eigenvalue weighted by atomic mass is 16.7. The minimum Gasteiger partial charge on any atom is -0.383 e. The van der Waals surface area contributed by atoms with Gasteiger partial charge in [0.15, 0.2) is 0 Å². The fraction of sp³-hybridized carbons (Fsp3) is 0.227. The average molecular weight is 404 g/mol. The summed E-state index contributed by atoms with van der Waals surface area (Å²) in [5.41, 5.74) is 10.2. The van der Waals surface area contributed by atoms with Gasteiger partial charge in [0.2, 0.25) is 0 Å². The first-order valence-corrected chi connectivity index (χ1v) is 9.52. The van der Waals surface area contributed by atoms with Gasteiger partial charge in [-0.2, -0.15) is 5.10 Å². The first-order chi connectivity index (χ1) is 14.4. The second-order valence-electron chi connectivity index (χ2n) is 7.34. The summed E-state index contributed by atoms with van der Waals surface area (Å²) < 4.78 is 1.74. The van der Waals surface area contributed by atoms with Crippen molar-refractivity contribution < 1.29 is 9.63 Å². The Balaban J connectivity index is 1.67. The van der Waals surface area contributed by atoms with Crippen molar-refractivity contribution in [2.75, 3.05) is 31.8 Å². The smallest absolute Gasteiger partial charge is 0.277 e. The van der Waals surface area contributed by atoms with Crippen LogP contribution >= 0.6 is 0 Å². The molecule has 2 aromatic carbocycles. The maximum atomic E-state index is 13.2. The summed E-state index contributed by atoms with van der Waals surface area (Å²) in [6.45, 7) is 0.336. The number of hydroxylamine groups is 2. The van der Waals surface area contributed by atoms with Crippen LogP contribution in [0.4, 0.5) is 11.5 Å². The van der Waals surface area contributed by atoms with Crippen molar-refractivity contribution in [3.63, 3.8) is 0 Å². The third kappa shape index (κ3) is 3.42. The van der Waals surface area contributed by atoms with E-state index in [2.05, 4.69) is 10.1 Å². The fourth-order valence-electron chi connectivity index (χ4n) is 3.52.